The number of carbonyl (C=O) groups excluding carboxylic acids is 1. The summed E-state index contributed by atoms with van der Waals surface area (Å²) in [7, 11) is 1.36. The highest BCUT2D eigenvalue weighted by molar-refractivity contribution is 5.84. The van der Waals surface area contributed by atoms with Crippen molar-refractivity contribution in [2.75, 3.05) is 37.4 Å². The zero-order chi connectivity index (χ0) is 15.1. The lowest BCUT2D eigenvalue weighted by molar-refractivity contribution is 0.187. The molecule has 2 N–H and O–H groups in total. The van der Waals surface area contributed by atoms with Crippen molar-refractivity contribution in [1.82, 2.24) is 4.90 Å². The number of anilines is 2. The van der Waals surface area contributed by atoms with Gasteiger partial charge in [-0.05, 0) is 56.6 Å². The molecule has 0 radical (unpaired) electrons. The lowest BCUT2D eigenvalue weighted by Gasteiger charge is -2.19. The van der Waals surface area contributed by atoms with Gasteiger partial charge in [0.15, 0.2) is 0 Å². The van der Waals surface area contributed by atoms with Gasteiger partial charge < -0.3 is 15.0 Å². The number of rotatable bonds is 4. The summed E-state index contributed by atoms with van der Waals surface area (Å²) in [6, 6.07) is 8.28. The minimum absolute atomic E-state index is 0.445. The van der Waals surface area contributed by atoms with Gasteiger partial charge in [-0.3, -0.25) is 5.32 Å². The predicted molar refractivity (Wildman–Crippen MR) is 85.8 cm³/mol. The Kier molecular flexibility index (Phi) is 5.87. The third-order valence-corrected chi connectivity index (χ3v) is 3.96. The van der Waals surface area contributed by atoms with Crippen LogP contribution in [0, 0.1) is 0 Å². The molecular weight excluding hydrogens is 266 g/mol. The fourth-order valence-electron chi connectivity index (χ4n) is 2.67. The first-order valence-electron chi connectivity index (χ1n) is 7.65. The number of nitrogens with zero attached hydrogens (tertiary/aromatic N) is 1. The molecule has 1 saturated heterocycles. The van der Waals surface area contributed by atoms with Crippen LogP contribution < -0.4 is 10.6 Å². The Labute approximate surface area is 126 Å². The Morgan fingerprint density at radius 1 is 1.24 bits per heavy atom. The third kappa shape index (κ3) is 4.93. The molecule has 1 aliphatic rings. The van der Waals surface area contributed by atoms with Gasteiger partial charge in [0.05, 0.1) is 7.11 Å². The molecule has 5 heteroatoms. The van der Waals surface area contributed by atoms with Crippen LogP contribution in [0.1, 0.15) is 26.2 Å². The minimum atomic E-state index is -0.445. The Morgan fingerprint density at radius 3 is 2.62 bits per heavy atom. The number of hydrogen-bond acceptors (Lipinski definition) is 4. The summed E-state index contributed by atoms with van der Waals surface area (Å²) in [5.74, 6) is 0. The van der Waals surface area contributed by atoms with Crippen LogP contribution in [0.15, 0.2) is 24.3 Å². The van der Waals surface area contributed by atoms with Crippen molar-refractivity contribution >= 4 is 17.5 Å². The van der Waals surface area contributed by atoms with E-state index in [1.165, 1.54) is 32.9 Å². The van der Waals surface area contributed by atoms with E-state index >= 15 is 0 Å². The molecular formula is C16H25N3O2. The molecule has 5 nitrogen and oxygen atoms in total. The zero-order valence-electron chi connectivity index (χ0n) is 12.9. The number of carbonyl (C=O) groups is 1. The standard InChI is InChI=1S/C16H25N3O2/c1-3-19-11-4-5-13(10-12-19)17-14-6-8-15(9-7-14)18-16(20)21-2/h6-9,13,17H,3-5,10-12H2,1-2H3,(H,18,20). The minimum Gasteiger partial charge on any atom is -0.453 e. The van der Waals surface area contributed by atoms with Crippen molar-refractivity contribution in [2.24, 2.45) is 0 Å². The Hall–Kier alpha value is -1.75. The summed E-state index contributed by atoms with van der Waals surface area (Å²) in [5, 5.41) is 6.24. The molecule has 1 amide bonds. The van der Waals surface area contributed by atoms with E-state index < -0.39 is 6.09 Å². The number of methoxy groups -OCH3 is 1. The zero-order valence-corrected chi connectivity index (χ0v) is 12.9. The third-order valence-electron chi connectivity index (χ3n) is 3.96. The average molecular weight is 291 g/mol. The fraction of sp³-hybridized carbons (Fsp3) is 0.562. The highest BCUT2D eigenvalue weighted by atomic mass is 16.5. The number of nitrogens with one attached hydrogen (secondary N) is 2. The quantitative estimate of drug-likeness (QED) is 0.895. The molecule has 0 saturated carbocycles. The smallest absolute Gasteiger partial charge is 0.411 e. The summed E-state index contributed by atoms with van der Waals surface area (Å²) >= 11 is 0. The number of benzene rings is 1. The first-order chi connectivity index (χ1) is 10.2. The fourth-order valence-corrected chi connectivity index (χ4v) is 2.67. The van der Waals surface area contributed by atoms with E-state index in [9.17, 15) is 4.79 Å². The van der Waals surface area contributed by atoms with E-state index in [-0.39, 0.29) is 0 Å². The van der Waals surface area contributed by atoms with Crippen LogP contribution in [0.25, 0.3) is 0 Å². The van der Waals surface area contributed by atoms with Crippen LogP contribution >= 0.6 is 0 Å². The highest BCUT2D eigenvalue weighted by Gasteiger charge is 2.15. The van der Waals surface area contributed by atoms with Crippen molar-refractivity contribution in [1.29, 1.82) is 0 Å². The first kappa shape index (κ1) is 15.6. The van der Waals surface area contributed by atoms with E-state index in [0.29, 0.717) is 6.04 Å². The molecule has 0 spiro atoms. The normalized spacial score (nSPS) is 19.6. The SMILES string of the molecule is CCN1CCCC(Nc2ccc(NC(=O)OC)cc2)CC1. The Balaban J connectivity index is 1.86. The largest absolute Gasteiger partial charge is 0.453 e. The first-order valence-corrected chi connectivity index (χ1v) is 7.65. The summed E-state index contributed by atoms with van der Waals surface area (Å²) in [4.78, 5) is 13.6. The van der Waals surface area contributed by atoms with Gasteiger partial charge in [-0.15, -0.1) is 0 Å². The predicted octanol–water partition coefficient (Wildman–Crippen LogP) is 3.15. The van der Waals surface area contributed by atoms with Crippen LogP contribution in [0.5, 0.6) is 0 Å². The molecule has 1 unspecified atom stereocenters. The maximum atomic E-state index is 11.1. The van der Waals surface area contributed by atoms with E-state index in [4.69, 9.17) is 0 Å². The van der Waals surface area contributed by atoms with Crippen molar-refractivity contribution in [3.63, 3.8) is 0 Å². The van der Waals surface area contributed by atoms with E-state index in [0.717, 1.165) is 24.5 Å². The molecule has 0 bridgehead atoms. The molecule has 0 aromatic heterocycles. The van der Waals surface area contributed by atoms with Crippen molar-refractivity contribution in [3.8, 4) is 0 Å². The number of likely N-dealkylation sites (tertiary alicyclic amines) is 1. The van der Waals surface area contributed by atoms with Gasteiger partial charge in [-0.2, -0.15) is 0 Å². The van der Waals surface area contributed by atoms with Crippen LogP contribution in [0.4, 0.5) is 16.2 Å². The second-order valence-electron chi connectivity index (χ2n) is 5.40. The van der Waals surface area contributed by atoms with Gasteiger partial charge >= 0.3 is 6.09 Å². The van der Waals surface area contributed by atoms with Crippen LogP contribution in [-0.4, -0.2) is 43.8 Å². The molecule has 1 fully saturated rings. The lowest BCUT2D eigenvalue weighted by atomic mass is 10.1. The maximum absolute atomic E-state index is 11.1. The molecule has 1 aromatic rings. The van der Waals surface area contributed by atoms with Gasteiger partial charge in [0, 0.05) is 24.0 Å². The number of hydrogen-bond donors (Lipinski definition) is 2. The summed E-state index contributed by atoms with van der Waals surface area (Å²) in [5.41, 5.74) is 1.84. The average Bonchev–Trinajstić information content (AvgIpc) is 2.74. The molecule has 1 aromatic carbocycles. The molecule has 21 heavy (non-hydrogen) atoms. The van der Waals surface area contributed by atoms with Gasteiger partial charge in [-0.1, -0.05) is 6.92 Å². The maximum Gasteiger partial charge on any atom is 0.411 e. The van der Waals surface area contributed by atoms with Crippen LogP contribution in [0.2, 0.25) is 0 Å². The number of amides is 1. The van der Waals surface area contributed by atoms with Crippen molar-refractivity contribution < 1.29 is 9.53 Å². The van der Waals surface area contributed by atoms with Gasteiger partial charge in [-0.25, -0.2) is 4.79 Å². The topological polar surface area (TPSA) is 53.6 Å². The Morgan fingerprint density at radius 2 is 1.95 bits per heavy atom. The van der Waals surface area contributed by atoms with Crippen molar-refractivity contribution in [3.05, 3.63) is 24.3 Å². The van der Waals surface area contributed by atoms with Gasteiger partial charge in [0.25, 0.3) is 0 Å². The summed E-state index contributed by atoms with van der Waals surface area (Å²) in [6.45, 7) is 5.73. The molecule has 1 atom stereocenters. The molecule has 0 aliphatic carbocycles. The van der Waals surface area contributed by atoms with E-state index in [1.54, 1.807) is 0 Å². The number of ether oxygens (including phenoxy) is 1. The lowest BCUT2D eigenvalue weighted by Crippen LogP contribution is -2.26. The Bertz CT molecular complexity index is 447. The van der Waals surface area contributed by atoms with E-state index in [1.807, 2.05) is 24.3 Å². The molecule has 116 valence electrons. The molecule has 1 heterocycles. The van der Waals surface area contributed by atoms with Crippen LogP contribution in [-0.2, 0) is 4.74 Å². The van der Waals surface area contributed by atoms with Gasteiger partial charge in [0.2, 0.25) is 0 Å². The molecule has 1 aliphatic heterocycles. The van der Waals surface area contributed by atoms with Gasteiger partial charge in [0.1, 0.15) is 0 Å². The second kappa shape index (κ2) is 7.88. The highest BCUT2D eigenvalue weighted by Crippen LogP contribution is 2.19. The van der Waals surface area contributed by atoms with E-state index in [2.05, 4.69) is 27.2 Å². The second-order valence-corrected chi connectivity index (χ2v) is 5.40. The molecule has 2 rings (SSSR count). The monoisotopic (exact) mass is 291 g/mol. The summed E-state index contributed by atoms with van der Waals surface area (Å²) in [6.07, 6.45) is 3.18. The summed E-state index contributed by atoms with van der Waals surface area (Å²) < 4.78 is 4.57. The van der Waals surface area contributed by atoms with Crippen molar-refractivity contribution in [2.45, 2.75) is 32.2 Å². The van der Waals surface area contributed by atoms with Crippen LogP contribution in [0.3, 0.4) is 0 Å².